The van der Waals surface area contributed by atoms with E-state index in [0.717, 1.165) is 22.0 Å². The predicted octanol–water partition coefficient (Wildman–Crippen LogP) is 8.13. The van der Waals surface area contributed by atoms with Crippen LogP contribution in [0.3, 0.4) is 0 Å². The minimum atomic E-state index is -0.393. The molecular formula is C24H17Cl3FNO. The van der Waals surface area contributed by atoms with Gasteiger partial charge in [0.25, 0.3) is 0 Å². The molecular weight excluding hydrogens is 444 g/mol. The minimum absolute atomic E-state index is 0.0263. The number of ether oxygens (including phenoxy) is 1. The topological polar surface area (TPSA) is 21.3 Å². The number of rotatable bonds is 6. The normalized spacial score (nSPS) is 10.9. The Hall–Kier alpha value is -2.46. The molecule has 4 rings (SSSR count). The van der Waals surface area contributed by atoms with E-state index in [0.29, 0.717) is 32.9 Å². The van der Waals surface area contributed by atoms with Crippen molar-refractivity contribution in [3.8, 4) is 5.75 Å². The smallest absolute Gasteiger partial charge is 0.131 e. The van der Waals surface area contributed by atoms with E-state index in [1.54, 1.807) is 24.3 Å². The monoisotopic (exact) mass is 459 g/mol. The molecule has 0 radical (unpaired) electrons. The van der Waals surface area contributed by atoms with Crippen molar-refractivity contribution in [1.82, 2.24) is 0 Å². The second kappa shape index (κ2) is 9.13. The third-order valence-corrected chi connectivity index (χ3v) is 5.72. The molecule has 0 saturated carbocycles. The van der Waals surface area contributed by atoms with E-state index in [9.17, 15) is 4.39 Å². The summed E-state index contributed by atoms with van der Waals surface area (Å²) < 4.78 is 20.2. The summed E-state index contributed by atoms with van der Waals surface area (Å²) in [6.45, 7) is 0.488. The molecule has 6 heteroatoms. The summed E-state index contributed by atoms with van der Waals surface area (Å²) in [5, 5.41) is 6.89. The van der Waals surface area contributed by atoms with Gasteiger partial charge in [-0.05, 0) is 47.2 Å². The molecule has 30 heavy (non-hydrogen) atoms. The third kappa shape index (κ3) is 4.49. The van der Waals surface area contributed by atoms with Crippen LogP contribution in [-0.2, 0) is 13.2 Å². The lowest BCUT2D eigenvalue weighted by molar-refractivity contribution is 0.297. The number of halogens is 4. The van der Waals surface area contributed by atoms with Crippen molar-refractivity contribution in [2.45, 2.75) is 13.2 Å². The van der Waals surface area contributed by atoms with Crippen molar-refractivity contribution in [2.24, 2.45) is 0 Å². The van der Waals surface area contributed by atoms with Crippen molar-refractivity contribution < 1.29 is 9.13 Å². The number of hydrogen-bond donors (Lipinski definition) is 1. The lowest BCUT2D eigenvalue weighted by Gasteiger charge is -2.17. The molecule has 0 aliphatic heterocycles. The summed E-state index contributed by atoms with van der Waals surface area (Å²) in [7, 11) is 0. The van der Waals surface area contributed by atoms with Crippen LogP contribution in [0.1, 0.15) is 11.1 Å². The van der Waals surface area contributed by atoms with Gasteiger partial charge >= 0.3 is 0 Å². The predicted molar refractivity (Wildman–Crippen MR) is 123 cm³/mol. The van der Waals surface area contributed by atoms with E-state index in [1.807, 2.05) is 42.5 Å². The first-order chi connectivity index (χ1) is 14.5. The molecule has 0 fully saturated rings. The van der Waals surface area contributed by atoms with Gasteiger partial charge in [0.15, 0.2) is 0 Å². The molecule has 0 atom stereocenters. The molecule has 2 nitrogen and oxygen atoms in total. The van der Waals surface area contributed by atoms with E-state index < -0.39 is 5.82 Å². The van der Waals surface area contributed by atoms with E-state index in [1.165, 1.54) is 6.07 Å². The first-order valence-electron chi connectivity index (χ1n) is 9.28. The van der Waals surface area contributed by atoms with Crippen molar-refractivity contribution in [1.29, 1.82) is 0 Å². The number of hydrogen-bond acceptors (Lipinski definition) is 2. The van der Waals surface area contributed by atoms with Gasteiger partial charge in [0.2, 0.25) is 0 Å². The summed E-state index contributed by atoms with van der Waals surface area (Å²) >= 11 is 18.4. The van der Waals surface area contributed by atoms with Crippen molar-refractivity contribution >= 4 is 51.3 Å². The van der Waals surface area contributed by atoms with Gasteiger partial charge < -0.3 is 10.1 Å². The Balaban J connectivity index is 1.66. The maximum Gasteiger partial charge on any atom is 0.131 e. The minimum Gasteiger partial charge on any atom is -0.488 e. The van der Waals surface area contributed by atoms with Crippen LogP contribution in [0, 0.1) is 5.82 Å². The third-order valence-electron chi connectivity index (χ3n) is 4.82. The molecule has 0 aromatic heterocycles. The summed E-state index contributed by atoms with van der Waals surface area (Å²) in [6.07, 6.45) is 0. The van der Waals surface area contributed by atoms with Crippen LogP contribution in [0.15, 0.2) is 72.8 Å². The fraction of sp³-hybridized carbons (Fsp3) is 0.0833. The number of nitrogens with one attached hydrogen (secondary N) is 1. The Labute approximate surface area is 189 Å². The zero-order valence-electron chi connectivity index (χ0n) is 15.8. The van der Waals surface area contributed by atoms with Crippen LogP contribution in [0.2, 0.25) is 15.1 Å². The largest absolute Gasteiger partial charge is 0.488 e. The van der Waals surface area contributed by atoms with Gasteiger partial charge in [-0.15, -0.1) is 0 Å². The molecule has 0 spiro atoms. The van der Waals surface area contributed by atoms with E-state index >= 15 is 0 Å². The van der Waals surface area contributed by atoms with Gasteiger partial charge in [-0.3, -0.25) is 0 Å². The second-order valence-electron chi connectivity index (χ2n) is 6.73. The quantitative estimate of drug-likeness (QED) is 0.313. The Morgan fingerprint density at radius 3 is 2.43 bits per heavy atom. The fourth-order valence-electron chi connectivity index (χ4n) is 3.27. The molecule has 0 aliphatic carbocycles. The maximum absolute atomic E-state index is 14.2. The first-order valence-corrected chi connectivity index (χ1v) is 10.4. The Kier molecular flexibility index (Phi) is 6.33. The van der Waals surface area contributed by atoms with Gasteiger partial charge in [0.1, 0.15) is 18.2 Å². The lowest BCUT2D eigenvalue weighted by Crippen LogP contribution is -2.06. The molecule has 1 N–H and O–H groups in total. The van der Waals surface area contributed by atoms with Crippen molar-refractivity contribution in [3.05, 3.63) is 105 Å². The standard InChI is InChI=1S/C24H17Cl3FNO/c25-16-9-10-23(21(27)12-16)29-13-18-17-5-2-1-4-15(17)8-11-24(18)30-14-19-20(26)6-3-7-22(19)28/h1-12,29H,13-14H2. The Morgan fingerprint density at radius 2 is 1.63 bits per heavy atom. The van der Waals surface area contributed by atoms with Crippen LogP contribution < -0.4 is 10.1 Å². The van der Waals surface area contributed by atoms with E-state index in [4.69, 9.17) is 39.5 Å². The highest BCUT2D eigenvalue weighted by Crippen LogP contribution is 2.32. The van der Waals surface area contributed by atoms with Gasteiger partial charge in [-0.25, -0.2) is 4.39 Å². The molecule has 0 bridgehead atoms. The van der Waals surface area contributed by atoms with Crippen LogP contribution in [0.25, 0.3) is 10.8 Å². The van der Waals surface area contributed by atoms with E-state index in [-0.39, 0.29) is 6.61 Å². The highest BCUT2D eigenvalue weighted by Gasteiger charge is 2.13. The SMILES string of the molecule is Fc1cccc(Cl)c1COc1ccc2ccccc2c1CNc1ccc(Cl)cc1Cl. The average molecular weight is 461 g/mol. The summed E-state index contributed by atoms with van der Waals surface area (Å²) in [5.41, 5.74) is 2.02. The summed E-state index contributed by atoms with van der Waals surface area (Å²) in [5.74, 6) is 0.251. The highest BCUT2D eigenvalue weighted by atomic mass is 35.5. The Bertz CT molecular complexity index is 1190. The molecule has 152 valence electrons. The van der Waals surface area contributed by atoms with Gasteiger partial charge in [-0.2, -0.15) is 0 Å². The highest BCUT2D eigenvalue weighted by molar-refractivity contribution is 6.36. The van der Waals surface area contributed by atoms with Gasteiger partial charge in [0.05, 0.1) is 15.7 Å². The molecule has 0 heterocycles. The van der Waals surface area contributed by atoms with E-state index in [2.05, 4.69) is 5.32 Å². The molecule has 4 aromatic carbocycles. The van der Waals surface area contributed by atoms with Gasteiger partial charge in [-0.1, -0.05) is 71.2 Å². The van der Waals surface area contributed by atoms with Crippen molar-refractivity contribution in [2.75, 3.05) is 5.32 Å². The molecule has 4 aromatic rings. The van der Waals surface area contributed by atoms with Crippen LogP contribution in [0.5, 0.6) is 5.75 Å². The van der Waals surface area contributed by atoms with Crippen LogP contribution in [0.4, 0.5) is 10.1 Å². The molecule has 0 amide bonds. The van der Waals surface area contributed by atoms with Gasteiger partial charge in [0, 0.05) is 22.7 Å². The number of benzene rings is 4. The average Bonchev–Trinajstić information content (AvgIpc) is 2.73. The summed E-state index contributed by atoms with van der Waals surface area (Å²) in [4.78, 5) is 0. The lowest BCUT2D eigenvalue weighted by atomic mass is 10.0. The fourth-order valence-corrected chi connectivity index (χ4v) is 3.96. The zero-order valence-corrected chi connectivity index (χ0v) is 18.0. The molecule has 0 saturated heterocycles. The molecule has 0 aliphatic rings. The zero-order chi connectivity index (χ0) is 21.1. The van der Waals surface area contributed by atoms with Crippen LogP contribution in [-0.4, -0.2) is 0 Å². The molecule has 0 unspecified atom stereocenters. The maximum atomic E-state index is 14.2. The van der Waals surface area contributed by atoms with Crippen LogP contribution >= 0.6 is 34.8 Å². The number of anilines is 1. The second-order valence-corrected chi connectivity index (χ2v) is 7.98. The Morgan fingerprint density at radius 1 is 0.800 bits per heavy atom. The first kappa shape index (κ1) is 20.8. The summed E-state index contributed by atoms with van der Waals surface area (Å²) in [6, 6.07) is 21.8. The van der Waals surface area contributed by atoms with Crippen molar-refractivity contribution in [3.63, 3.8) is 0 Å². The number of fused-ring (bicyclic) bond motifs is 1.